The van der Waals surface area contributed by atoms with E-state index in [0.717, 1.165) is 33.3 Å². The number of nitrogen functional groups attached to an aromatic ring is 1. The standard InChI is InChI=1S/C23H27BrN2O4.C11H14BrNO2/c1-15-5-7-17(26-9-11-29-12-10-26)14-19(15)21(27)25-20-13-16(24)6-8-18(20)22(28)30-23(2,3)4;1-11(2,3)15-10(14)8-5-4-7(12)6-9(8)13/h5-8,13-14H,9-12H2,1-4H3,(H,25,27);4-6H,13H2,1-3H3. The van der Waals surface area contributed by atoms with E-state index in [2.05, 4.69) is 42.1 Å². The maximum atomic E-state index is 13.1. The van der Waals surface area contributed by atoms with Gasteiger partial charge in [-0.25, -0.2) is 9.59 Å². The van der Waals surface area contributed by atoms with Gasteiger partial charge < -0.3 is 30.2 Å². The van der Waals surface area contributed by atoms with Gasteiger partial charge in [0.15, 0.2) is 0 Å². The minimum absolute atomic E-state index is 0.273. The fourth-order valence-corrected chi connectivity index (χ4v) is 4.99. The number of nitrogens with two attached hydrogens (primary N) is 1. The molecule has 4 rings (SSSR count). The Bertz CT molecular complexity index is 1540. The van der Waals surface area contributed by atoms with Crippen LogP contribution in [0.5, 0.6) is 0 Å². The number of carbonyl (C=O) groups is 3. The lowest BCUT2D eigenvalue weighted by Gasteiger charge is -2.29. The first-order valence-corrected chi connectivity index (χ1v) is 16.1. The van der Waals surface area contributed by atoms with Crippen LogP contribution in [0.1, 0.15) is 78.2 Å². The van der Waals surface area contributed by atoms with Gasteiger partial charge in [0.2, 0.25) is 0 Å². The van der Waals surface area contributed by atoms with Crippen molar-refractivity contribution in [2.75, 3.05) is 42.3 Å². The van der Waals surface area contributed by atoms with Gasteiger partial charge in [0, 0.05) is 39.0 Å². The molecule has 9 nitrogen and oxygen atoms in total. The predicted molar refractivity (Wildman–Crippen MR) is 185 cm³/mol. The van der Waals surface area contributed by atoms with Gasteiger partial charge in [-0.1, -0.05) is 37.9 Å². The second-order valence-electron chi connectivity index (χ2n) is 12.5. The van der Waals surface area contributed by atoms with E-state index in [0.29, 0.717) is 41.3 Å². The van der Waals surface area contributed by atoms with Crippen LogP contribution >= 0.6 is 31.9 Å². The zero-order valence-corrected chi connectivity index (χ0v) is 29.9. The van der Waals surface area contributed by atoms with Crippen LogP contribution in [0, 0.1) is 6.92 Å². The Morgan fingerprint density at radius 2 is 1.31 bits per heavy atom. The second kappa shape index (κ2) is 15.2. The van der Waals surface area contributed by atoms with Gasteiger partial charge in [-0.3, -0.25) is 4.79 Å². The highest BCUT2D eigenvalue weighted by molar-refractivity contribution is 9.10. The number of hydrogen-bond acceptors (Lipinski definition) is 8. The highest BCUT2D eigenvalue weighted by Crippen LogP contribution is 2.27. The van der Waals surface area contributed by atoms with Crippen LogP contribution in [-0.4, -0.2) is 55.4 Å². The van der Waals surface area contributed by atoms with E-state index in [1.807, 2.05) is 66.7 Å². The third-order valence-corrected chi connectivity index (χ3v) is 7.31. The number of anilines is 3. The number of esters is 2. The predicted octanol–water partition coefficient (Wildman–Crippen LogP) is 7.79. The number of nitrogens with one attached hydrogen (secondary N) is 1. The number of ether oxygens (including phenoxy) is 3. The van der Waals surface area contributed by atoms with E-state index < -0.39 is 23.1 Å². The quantitative estimate of drug-likeness (QED) is 0.201. The van der Waals surface area contributed by atoms with Crippen molar-refractivity contribution >= 4 is 66.8 Å². The summed E-state index contributed by atoms with van der Waals surface area (Å²) in [6.07, 6.45) is 0. The van der Waals surface area contributed by atoms with Crippen molar-refractivity contribution in [1.29, 1.82) is 0 Å². The van der Waals surface area contributed by atoms with Gasteiger partial charge in [-0.2, -0.15) is 0 Å². The summed E-state index contributed by atoms with van der Waals surface area (Å²) in [5.74, 6) is -1.15. The number of hydrogen-bond donors (Lipinski definition) is 2. The summed E-state index contributed by atoms with van der Waals surface area (Å²) in [6, 6.07) is 16.0. The van der Waals surface area contributed by atoms with Crippen molar-refractivity contribution in [3.8, 4) is 0 Å². The number of carbonyl (C=O) groups excluding carboxylic acids is 3. The molecular weight excluding hydrogens is 706 g/mol. The molecule has 1 heterocycles. The minimum atomic E-state index is -0.630. The monoisotopic (exact) mass is 745 g/mol. The molecule has 11 heteroatoms. The van der Waals surface area contributed by atoms with E-state index >= 15 is 0 Å². The lowest BCUT2D eigenvalue weighted by molar-refractivity contribution is 0.00580. The van der Waals surface area contributed by atoms with Gasteiger partial charge >= 0.3 is 11.9 Å². The number of halogens is 2. The third-order valence-electron chi connectivity index (χ3n) is 6.32. The van der Waals surface area contributed by atoms with Gasteiger partial charge in [-0.05, 0) is 103 Å². The van der Waals surface area contributed by atoms with E-state index in [1.165, 1.54) is 0 Å². The van der Waals surface area contributed by atoms with Crippen LogP contribution in [0.4, 0.5) is 17.1 Å². The summed E-state index contributed by atoms with van der Waals surface area (Å²) in [4.78, 5) is 39.6. The molecule has 0 unspecified atom stereocenters. The summed E-state index contributed by atoms with van der Waals surface area (Å²) in [5, 5.41) is 2.89. The first kappa shape index (κ1) is 36.1. The van der Waals surface area contributed by atoms with Crippen molar-refractivity contribution in [3.63, 3.8) is 0 Å². The number of nitrogens with zero attached hydrogens (tertiary/aromatic N) is 1. The minimum Gasteiger partial charge on any atom is -0.456 e. The lowest BCUT2D eigenvalue weighted by atomic mass is 10.1. The molecule has 0 aromatic heterocycles. The van der Waals surface area contributed by atoms with Gasteiger partial charge in [-0.15, -0.1) is 0 Å². The Kier molecular flexibility index (Phi) is 12.2. The molecule has 0 atom stereocenters. The van der Waals surface area contributed by atoms with Crippen LogP contribution in [-0.2, 0) is 14.2 Å². The molecule has 1 saturated heterocycles. The lowest BCUT2D eigenvalue weighted by Crippen LogP contribution is -2.36. The molecule has 45 heavy (non-hydrogen) atoms. The SMILES string of the molecule is CC(C)(C)OC(=O)c1ccc(Br)cc1N.Cc1ccc(N2CCOCC2)cc1C(=O)Nc1cc(Br)ccc1C(=O)OC(C)(C)C. The number of aryl methyl sites for hydroxylation is 1. The summed E-state index contributed by atoms with van der Waals surface area (Å²) in [7, 11) is 0. The molecule has 0 radical (unpaired) electrons. The van der Waals surface area contributed by atoms with Crippen molar-refractivity contribution in [2.45, 2.75) is 59.7 Å². The van der Waals surface area contributed by atoms with Crippen LogP contribution < -0.4 is 16.0 Å². The maximum absolute atomic E-state index is 13.1. The smallest absolute Gasteiger partial charge is 0.340 e. The molecule has 1 amide bonds. The van der Waals surface area contributed by atoms with Crippen LogP contribution in [0.2, 0.25) is 0 Å². The fourth-order valence-electron chi connectivity index (χ4n) is 4.25. The number of morpholine rings is 1. The van der Waals surface area contributed by atoms with E-state index in [4.69, 9.17) is 19.9 Å². The van der Waals surface area contributed by atoms with Crippen LogP contribution in [0.15, 0.2) is 63.5 Å². The highest BCUT2D eigenvalue weighted by Gasteiger charge is 2.23. The fraction of sp³-hybridized carbons (Fsp3) is 0.382. The van der Waals surface area contributed by atoms with E-state index in [-0.39, 0.29) is 5.91 Å². The first-order chi connectivity index (χ1) is 20.9. The molecule has 0 bridgehead atoms. The maximum Gasteiger partial charge on any atom is 0.340 e. The third kappa shape index (κ3) is 11.2. The Hall–Kier alpha value is -3.41. The Labute approximate surface area is 282 Å². The molecule has 1 fully saturated rings. The molecule has 1 aliphatic rings. The van der Waals surface area contributed by atoms with Crippen LogP contribution in [0.25, 0.3) is 0 Å². The molecule has 3 N–H and O–H groups in total. The summed E-state index contributed by atoms with van der Waals surface area (Å²) < 4.78 is 17.7. The molecule has 3 aromatic rings. The van der Waals surface area contributed by atoms with Gasteiger partial charge in [0.25, 0.3) is 5.91 Å². The van der Waals surface area contributed by atoms with Crippen LogP contribution in [0.3, 0.4) is 0 Å². The number of amides is 1. The van der Waals surface area contributed by atoms with Crippen molar-refractivity contribution in [2.24, 2.45) is 0 Å². The van der Waals surface area contributed by atoms with Crippen molar-refractivity contribution < 1.29 is 28.6 Å². The Morgan fingerprint density at radius 1 is 0.778 bits per heavy atom. The molecule has 3 aromatic carbocycles. The van der Waals surface area contributed by atoms with Gasteiger partial charge in [0.1, 0.15) is 11.2 Å². The van der Waals surface area contributed by atoms with E-state index in [9.17, 15) is 14.4 Å². The average Bonchev–Trinajstić information content (AvgIpc) is 2.92. The molecule has 0 saturated carbocycles. The topological polar surface area (TPSA) is 120 Å². The number of rotatable bonds is 5. The average molecular weight is 748 g/mol. The zero-order chi connectivity index (χ0) is 33.5. The Morgan fingerprint density at radius 3 is 1.87 bits per heavy atom. The van der Waals surface area contributed by atoms with Crippen molar-refractivity contribution in [3.05, 3.63) is 85.8 Å². The van der Waals surface area contributed by atoms with E-state index in [1.54, 1.807) is 36.4 Å². The first-order valence-electron chi connectivity index (χ1n) is 14.5. The highest BCUT2D eigenvalue weighted by atomic mass is 79.9. The Balaban J connectivity index is 0.000000309. The van der Waals surface area contributed by atoms with Crippen molar-refractivity contribution in [1.82, 2.24) is 0 Å². The largest absolute Gasteiger partial charge is 0.456 e. The second-order valence-corrected chi connectivity index (χ2v) is 14.3. The molecule has 1 aliphatic heterocycles. The summed E-state index contributed by atoms with van der Waals surface area (Å²) in [5.41, 5.74) is 8.51. The number of benzene rings is 3. The zero-order valence-electron chi connectivity index (χ0n) is 26.8. The molecular formula is C34H41Br2N3O6. The molecule has 0 aliphatic carbocycles. The van der Waals surface area contributed by atoms with Gasteiger partial charge in [0.05, 0.1) is 30.0 Å². The summed E-state index contributed by atoms with van der Waals surface area (Å²) >= 11 is 6.68. The summed E-state index contributed by atoms with van der Waals surface area (Å²) in [6.45, 7) is 15.7. The molecule has 242 valence electrons. The molecule has 0 spiro atoms. The normalized spacial score (nSPS) is 13.3.